The van der Waals surface area contributed by atoms with Crippen LogP contribution in [0.15, 0.2) is 11.1 Å². The quantitative estimate of drug-likeness (QED) is 0.609. The molecule has 0 saturated carbocycles. The van der Waals surface area contributed by atoms with Gasteiger partial charge >= 0.3 is 5.69 Å². The zero-order valence-electron chi connectivity index (χ0n) is 9.12. The first-order chi connectivity index (χ1) is 8.15. The third-order valence-corrected chi connectivity index (χ3v) is 2.14. The summed E-state index contributed by atoms with van der Waals surface area (Å²) in [4.78, 5) is 27.1. The van der Waals surface area contributed by atoms with Gasteiger partial charge in [0.05, 0.1) is 0 Å². The molecular weight excluding hydrogens is 226 g/mol. The topological polar surface area (TPSA) is 120 Å². The van der Waals surface area contributed by atoms with E-state index in [1.54, 1.807) is 0 Å². The molecule has 0 aromatic carbocycles. The number of nitrogens with one attached hydrogen (secondary N) is 1. The Morgan fingerprint density at radius 2 is 2.35 bits per heavy atom. The van der Waals surface area contributed by atoms with E-state index < -0.39 is 11.6 Å². The highest BCUT2D eigenvalue weighted by Gasteiger charge is 2.16. The molecule has 0 unspecified atom stereocenters. The molecule has 0 aliphatic heterocycles. The van der Waals surface area contributed by atoms with Crippen LogP contribution in [-0.4, -0.2) is 43.4 Å². The fourth-order valence-electron chi connectivity index (χ4n) is 1.31. The lowest BCUT2D eigenvalue weighted by atomic mass is 10.4. The number of amides is 1. The monoisotopic (exact) mass is 237 g/mol. The number of carbonyl (C=O) groups is 1. The van der Waals surface area contributed by atoms with E-state index in [1.165, 1.54) is 13.4 Å². The molecule has 2 aromatic rings. The van der Waals surface area contributed by atoms with Gasteiger partial charge in [0.25, 0.3) is 5.91 Å². The molecule has 2 heterocycles. The molecule has 90 valence electrons. The second-order valence-corrected chi connectivity index (χ2v) is 3.33. The zero-order valence-corrected chi connectivity index (χ0v) is 9.12. The molecule has 0 saturated heterocycles. The van der Waals surface area contributed by atoms with Crippen molar-refractivity contribution in [2.75, 3.05) is 13.1 Å². The van der Waals surface area contributed by atoms with Gasteiger partial charge in [0.1, 0.15) is 6.33 Å². The average molecular weight is 237 g/mol. The molecule has 0 spiro atoms. The molecule has 9 heteroatoms. The van der Waals surface area contributed by atoms with Crippen molar-refractivity contribution in [3.05, 3.63) is 22.5 Å². The molecule has 2 rings (SSSR count). The number of fused-ring (bicyclic) bond motifs is 1. The van der Waals surface area contributed by atoms with Crippen LogP contribution in [0.2, 0.25) is 0 Å². The Bertz CT molecular complexity index is 614. The van der Waals surface area contributed by atoms with Crippen molar-refractivity contribution in [3.63, 3.8) is 0 Å². The van der Waals surface area contributed by atoms with Crippen molar-refractivity contribution in [1.82, 2.24) is 29.7 Å². The summed E-state index contributed by atoms with van der Waals surface area (Å²) in [6, 6.07) is 0. The zero-order chi connectivity index (χ0) is 12.4. The maximum atomic E-state index is 11.7. The predicted molar refractivity (Wildman–Crippen MR) is 57.4 cm³/mol. The Hall–Kier alpha value is -2.29. The maximum Gasteiger partial charge on any atom is 0.352 e. The minimum absolute atomic E-state index is 0.0589. The fourth-order valence-corrected chi connectivity index (χ4v) is 1.31. The first kappa shape index (κ1) is 11.2. The van der Waals surface area contributed by atoms with Gasteiger partial charge in [-0.25, -0.2) is 14.2 Å². The third kappa shape index (κ3) is 1.87. The van der Waals surface area contributed by atoms with Gasteiger partial charge in [-0.15, -0.1) is 5.10 Å². The Balaban J connectivity index is 2.47. The molecule has 2 aromatic heterocycles. The predicted octanol–water partition coefficient (Wildman–Crippen LogP) is -2.49. The molecule has 0 bridgehead atoms. The molecule has 0 atom stereocenters. The number of rotatable bonds is 3. The molecule has 1 amide bonds. The van der Waals surface area contributed by atoms with E-state index in [1.807, 2.05) is 0 Å². The van der Waals surface area contributed by atoms with Crippen LogP contribution in [-0.2, 0) is 7.05 Å². The van der Waals surface area contributed by atoms with Gasteiger partial charge in [-0.3, -0.25) is 4.79 Å². The standard InChI is InChI=1S/C8H11N7O2/c1-14-8(17)15-4-11-5(6(15)12-13-14)7(16)10-3-2-9/h4H,2-3,9H2,1H3,(H,10,16). The summed E-state index contributed by atoms with van der Waals surface area (Å²) in [5, 5.41) is 9.89. The molecule has 9 nitrogen and oxygen atoms in total. The van der Waals surface area contributed by atoms with Crippen LogP contribution < -0.4 is 16.7 Å². The largest absolute Gasteiger partial charge is 0.352 e. The maximum absolute atomic E-state index is 11.7. The fraction of sp³-hybridized carbons (Fsp3) is 0.375. The van der Waals surface area contributed by atoms with E-state index in [4.69, 9.17) is 5.73 Å². The van der Waals surface area contributed by atoms with E-state index >= 15 is 0 Å². The number of aryl methyl sites for hydroxylation is 1. The van der Waals surface area contributed by atoms with Crippen molar-refractivity contribution in [2.24, 2.45) is 12.8 Å². The number of nitrogens with two attached hydrogens (primary N) is 1. The second-order valence-electron chi connectivity index (χ2n) is 3.33. The van der Waals surface area contributed by atoms with Gasteiger partial charge in [-0.1, -0.05) is 5.21 Å². The summed E-state index contributed by atoms with van der Waals surface area (Å²) in [7, 11) is 1.46. The van der Waals surface area contributed by atoms with E-state index in [9.17, 15) is 9.59 Å². The Labute approximate surface area is 95.2 Å². The van der Waals surface area contributed by atoms with Crippen molar-refractivity contribution in [1.29, 1.82) is 0 Å². The highest BCUT2D eigenvalue weighted by atomic mass is 16.2. The van der Waals surface area contributed by atoms with Gasteiger partial charge in [0.15, 0.2) is 11.3 Å². The van der Waals surface area contributed by atoms with Crippen molar-refractivity contribution in [3.8, 4) is 0 Å². The van der Waals surface area contributed by atoms with E-state index in [-0.39, 0.29) is 11.3 Å². The van der Waals surface area contributed by atoms with Gasteiger partial charge in [-0.2, -0.15) is 4.68 Å². The Kier molecular flexibility index (Phi) is 2.83. The third-order valence-electron chi connectivity index (χ3n) is 2.14. The number of imidazole rings is 1. The molecule has 0 fully saturated rings. The second kappa shape index (κ2) is 4.29. The summed E-state index contributed by atoms with van der Waals surface area (Å²) in [5.74, 6) is -0.430. The average Bonchev–Trinajstić information content (AvgIpc) is 2.75. The lowest BCUT2D eigenvalue weighted by Gasteiger charge is -2.00. The molecule has 0 radical (unpaired) electrons. The lowest BCUT2D eigenvalue weighted by molar-refractivity contribution is 0.0951. The number of carbonyl (C=O) groups excluding carboxylic acids is 1. The van der Waals surface area contributed by atoms with Crippen LogP contribution in [0.5, 0.6) is 0 Å². The van der Waals surface area contributed by atoms with Crippen LogP contribution in [0.25, 0.3) is 5.65 Å². The van der Waals surface area contributed by atoms with E-state index in [0.717, 1.165) is 9.08 Å². The number of aromatic nitrogens is 5. The molecule has 17 heavy (non-hydrogen) atoms. The van der Waals surface area contributed by atoms with Crippen LogP contribution in [0, 0.1) is 0 Å². The Morgan fingerprint density at radius 1 is 1.59 bits per heavy atom. The SMILES string of the molecule is Cn1nnc2c(C(=O)NCCN)ncn2c1=O. The highest BCUT2D eigenvalue weighted by Crippen LogP contribution is 2.01. The Morgan fingerprint density at radius 3 is 3.06 bits per heavy atom. The van der Waals surface area contributed by atoms with Gasteiger partial charge < -0.3 is 11.1 Å². The van der Waals surface area contributed by atoms with Crippen LogP contribution >= 0.6 is 0 Å². The first-order valence-corrected chi connectivity index (χ1v) is 4.90. The van der Waals surface area contributed by atoms with E-state index in [2.05, 4.69) is 20.6 Å². The molecule has 0 aliphatic carbocycles. The van der Waals surface area contributed by atoms with Crippen LogP contribution in [0.4, 0.5) is 0 Å². The summed E-state index contributed by atoms with van der Waals surface area (Å²) in [5.41, 5.74) is 5.04. The molecular formula is C8H11N7O2. The van der Waals surface area contributed by atoms with Gasteiger partial charge in [0.2, 0.25) is 0 Å². The summed E-state index contributed by atoms with van der Waals surface area (Å²) in [6.45, 7) is 0.654. The summed E-state index contributed by atoms with van der Waals surface area (Å²) < 4.78 is 2.21. The van der Waals surface area contributed by atoms with Crippen LogP contribution in [0.3, 0.4) is 0 Å². The highest BCUT2D eigenvalue weighted by molar-refractivity contribution is 5.97. The normalized spacial score (nSPS) is 10.7. The lowest BCUT2D eigenvalue weighted by Crippen LogP contribution is -2.30. The minimum atomic E-state index is -0.430. The van der Waals surface area contributed by atoms with Crippen molar-refractivity contribution < 1.29 is 4.79 Å². The summed E-state index contributed by atoms with van der Waals surface area (Å²) >= 11 is 0. The van der Waals surface area contributed by atoms with Crippen molar-refractivity contribution in [2.45, 2.75) is 0 Å². The first-order valence-electron chi connectivity index (χ1n) is 4.90. The number of nitrogens with zero attached hydrogens (tertiary/aromatic N) is 5. The summed E-state index contributed by atoms with van der Waals surface area (Å²) in [6.07, 6.45) is 1.24. The number of hydrogen-bond donors (Lipinski definition) is 2. The minimum Gasteiger partial charge on any atom is -0.349 e. The van der Waals surface area contributed by atoms with Gasteiger partial charge in [0, 0.05) is 20.1 Å². The van der Waals surface area contributed by atoms with Crippen molar-refractivity contribution >= 4 is 11.6 Å². The number of hydrogen-bond acceptors (Lipinski definition) is 6. The molecule has 3 N–H and O–H groups in total. The van der Waals surface area contributed by atoms with Gasteiger partial charge in [-0.05, 0) is 0 Å². The van der Waals surface area contributed by atoms with Crippen LogP contribution in [0.1, 0.15) is 10.5 Å². The smallest absolute Gasteiger partial charge is 0.349 e. The molecule has 0 aliphatic rings. The van der Waals surface area contributed by atoms with E-state index in [0.29, 0.717) is 13.1 Å².